The summed E-state index contributed by atoms with van der Waals surface area (Å²) in [5.41, 5.74) is 3.56. The number of rotatable bonds is 6. The van der Waals surface area contributed by atoms with Gasteiger partial charge in [0.2, 0.25) is 0 Å². The molecule has 0 N–H and O–H groups in total. The van der Waals surface area contributed by atoms with Gasteiger partial charge in [-0.15, -0.1) is 0 Å². The summed E-state index contributed by atoms with van der Waals surface area (Å²) in [5, 5.41) is 0. The first kappa shape index (κ1) is 24.1. The van der Waals surface area contributed by atoms with Gasteiger partial charge in [0.1, 0.15) is 5.76 Å². The van der Waals surface area contributed by atoms with Crippen LogP contribution in [0, 0.1) is 46.3 Å². The summed E-state index contributed by atoms with van der Waals surface area (Å²) >= 11 is 0. The SMILES string of the molecule is CC(=O)OC1=C(C)C2=CC[C@@H]3[C@H]4CC[C@@H]([C@H](C)CCCC(C)C)[C@]4(C)CC[C@H]3[C@@]2(C)CC1. The molecule has 7 atom stereocenters. The number of esters is 1. The van der Waals surface area contributed by atoms with Crippen molar-refractivity contribution in [1.82, 2.24) is 0 Å². The first-order valence-corrected chi connectivity index (χ1v) is 13.7. The van der Waals surface area contributed by atoms with Gasteiger partial charge in [-0.1, -0.05) is 60.0 Å². The van der Waals surface area contributed by atoms with Crippen LogP contribution in [0.15, 0.2) is 23.0 Å². The van der Waals surface area contributed by atoms with Gasteiger partial charge in [0.15, 0.2) is 0 Å². The second kappa shape index (κ2) is 8.95. The lowest BCUT2D eigenvalue weighted by Gasteiger charge is -2.58. The van der Waals surface area contributed by atoms with Crippen molar-refractivity contribution in [3.63, 3.8) is 0 Å². The molecule has 2 fully saturated rings. The molecule has 0 heterocycles. The molecule has 0 bridgehead atoms. The Bertz CT molecular complexity index is 789. The lowest BCUT2D eigenvalue weighted by atomic mass is 9.47. The van der Waals surface area contributed by atoms with Crippen molar-refractivity contribution in [2.45, 2.75) is 113 Å². The van der Waals surface area contributed by atoms with Crippen LogP contribution in [0.1, 0.15) is 113 Å². The summed E-state index contributed by atoms with van der Waals surface area (Å²) in [6.45, 7) is 16.2. The molecule has 0 radical (unpaired) electrons. The topological polar surface area (TPSA) is 26.3 Å². The second-order valence-corrected chi connectivity index (χ2v) is 12.8. The zero-order valence-electron chi connectivity index (χ0n) is 21.9. The maximum atomic E-state index is 11.6. The average Bonchev–Trinajstić information content (AvgIpc) is 3.07. The molecule has 180 valence electrons. The summed E-state index contributed by atoms with van der Waals surface area (Å²) in [6.07, 6.45) is 15.8. The van der Waals surface area contributed by atoms with Gasteiger partial charge in [-0.3, -0.25) is 4.79 Å². The van der Waals surface area contributed by atoms with Gasteiger partial charge >= 0.3 is 5.97 Å². The van der Waals surface area contributed by atoms with Gasteiger partial charge in [0.25, 0.3) is 0 Å². The molecule has 2 nitrogen and oxygen atoms in total. The number of hydrogen-bond donors (Lipinski definition) is 0. The first-order valence-electron chi connectivity index (χ1n) is 13.7. The lowest BCUT2D eigenvalue weighted by Crippen LogP contribution is -2.50. The van der Waals surface area contributed by atoms with Crippen LogP contribution in [-0.2, 0) is 9.53 Å². The molecule has 2 saturated carbocycles. The standard InChI is InChI=1S/C30H48O2/c1-19(2)9-8-10-20(3)24-13-14-26-23-11-12-25-21(4)28(32-22(5)31)16-18-30(25,7)27(23)15-17-29(24,26)6/h12,19-20,23-24,26-27H,8-11,13-18H2,1-7H3/t20-,23-,24+,26-,27-,29+,30+/m1/s1. The second-order valence-electron chi connectivity index (χ2n) is 12.8. The zero-order chi connectivity index (χ0) is 23.3. The summed E-state index contributed by atoms with van der Waals surface area (Å²) < 4.78 is 5.61. The number of carbonyl (C=O) groups is 1. The van der Waals surface area contributed by atoms with E-state index in [0.717, 1.165) is 54.1 Å². The quantitative estimate of drug-likeness (QED) is 0.387. The van der Waals surface area contributed by atoms with Crippen LogP contribution in [0.4, 0.5) is 0 Å². The number of carbonyl (C=O) groups excluding carboxylic acids is 1. The van der Waals surface area contributed by atoms with Gasteiger partial charge < -0.3 is 4.74 Å². The Hall–Kier alpha value is -1.05. The highest BCUT2D eigenvalue weighted by Crippen LogP contribution is 2.67. The highest BCUT2D eigenvalue weighted by atomic mass is 16.5. The van der Waals surface area contributed by atoms with Crippen LogP contribution < -0.4 is 0 Å². The fourth-order valence-electron chi connectivity index (χ4n) is 9.03. The molecule has 0 aliphatic heterocycles. The van der Waals surface area contributed by atoms with Crippen molar-refractivity contribution in [1.29, 1.82) is 0 Å². The fraction of sp³-hybridized carbons (Fsp3) is 0.833. The Labute approximate surface area is 197 Å². The summed E-state index contributed by atoms with van der Waals surface area (Å²) in [6, 6.07) is 0. The molecular weight excluding hydrogens is 392 g/mol. The minimum atomic E-state index is -0.176. The van der Waals surface area contributed by atoms with Gasteiger partial charge in [-0.25, -0.2) is 0 Å². The summed E-state index contributed by atoms with van der Waals surface area (Å²) in [4.78, 5) is 11.6. The molecule has 4 aliphatic rings. The molecule has 4 rings (SSSR count). The van der Waals surface area contributed by atoms with E-state index in [1.54, 1.807) is 0 Å². The van der Waals surface area contributed by atoms with Crippen LogP contribution in [0.3, 0.4) is 0 Å². The van der Waals surface area contributed by atoms with Crippen molar-refractivity contribution in [3.8, 4) is 0 Å². The normalized spacial score (nSPS) is 39.8. The van der Waals surface area contributed by atoms with Crippen molar-refractivity contribution >= 4 is 5.97 Å². The third-order valence-corrected chi connectivity index (χ3v) is 10.6. The summed E-state index contributed by atoms with van der Waals surface area (Å²) in [7, 11) is 0. The molecule has 0 unspecified atom stereocenters. The highest BCUT2D eigenvalue weighted by Gasteiger charge is 2.59. The van der Waals surface area contributed by atoms with Gasteiger partial charge in [0.05, 0.1) is 0 Å². The molecule has 2 heteroatoms. The Balaban J connectivity index is 1.53. The monoisotopic (exact) mass is 440 g/mol. The Kier molecular flexibility index (Phi) is 6.74. The molecule has 0 amide bonds. The van der Waals surface area contributed by atoms with Crippen LogP contribution in [-0.4, -0.2) is 5.97 Å². The molecule has 0 aromatic rings. The van der Waals surface area contributed by atoms with E-state index >= 15 is 0 Å². The van der Waals surface area contributed by atoms with E-state index in [0.29, 0.717) is 5.41 Å². The van der Waals surface area contributed by atoms with E-state index in [-0.39, 0.29) is 11.4 Å². The molecule has 4 aliphatic carbocycles. The molecular formula is C30H48O2. The van der Waals surface area contributed by atoms with E-state index in [1.807, 2.05) is 0 Å². The van der Waals surface area contributed by atoms with Crippen molar-refractivity contribution in [2.75, 3.05) is 0 Å². The summed E-state index contributed by atoms with van der Waals surface area (Å²) in [5.74, 6) is 5.92. The van der Waals surface area contributed by atoms with Crippen LogP contribution >= 0.6 is 0 Å². The number of allylic oxidation sites excluding steroid dienone is 4. The predicted molar refractivity (Wildman–Crippen MR) is 133 cm³/mol. The molecule has 0 spiro atoms. The van der Waals surface area contributed by atoms with Crippen LogP contribution in [0.5, 0.6) is 0 Å². The van der Waals surface area contributed by atoms with Crippen molar-refractivity contribution < 1.29 is 9.53 Å². The third-order valence-electron chi connectivity index (χ3n) is 10.6. The van der Waals surface area contributed by atoms with Gasteiger partial charge in [0, 0.05) is 13.3 Å². The van der Waals surface area contributed by atoms with E-state index in [4.69, 9.17) is 4.74 Å². The zero-order valence-corrected chi connectivity index (χ0v) is 21.9. The molecule has 32 heavy (non-hydrogen) atoms. The minimum Gasteiger partial charge on any atom is -0.431 e. The average molecular weight is 441 g/mol. The Morgan fingerprint density at radius 3 is 2.53 bits per heavy atom. The maximum absolute atomic E-state index is 11.6. The van der Waals surface area contributed by atoms with Gasteiger partial charge in [-0.05, 0) is 103 Å². The predicted octanol–water partition coefficient (Wildman–Crippen LogP) is 8.47. The number of ether oxygens (including phenoxy) is 1. The maximum Gasteiger partial charge on any atom is 0.307 e. The molecule has 0 aromatic carbocycles. The van der Waals surface area contributed by atoms with E-state index in [2.05, 4.69) is 47.6 Å². The van der Waals surface area contributed by atoms with Crippen LogP contribution in [0.25, 0.3) is 0 Å². The first-order chi connectivity index (χ1) is 15.1. The van der Waals surface area contributed by atoms with E-state index in [9.17, 15) is 4.79 Å². The lowest BCUT2D eigenvalue weighted by molar-refractivity contribution is -0.137. The van der Waals surface area contributed by atoms with Crippen LogP contribution in [0.2, 0.25) is 0 Å². The number of hydrogen-bond acceptors (Lipinski definition) is 2. The Morgan fingerprint density at radius 1 is 1.09 bits per heavy atom. The molecule has 0 saturated heterocycles. The third kappa shape index (κ3) is 4.03. The van der Waals surface area contributed by atoms with Crippen molar-refractivity contribution in [2.24, 2.45) is 46.3 Å². The molecule has 0 aromatic heterocycles. The van der Waals surface area contributed by atoms with E-state index < -0.39 is 0 Å². The smallest absolute Gasteiger partial charge is 0.307 e. The van der Waals surface area contributed by atoms with E-state index in [1.165, 1.54) is 69.4 Å². The number of fused-ring (bicyclic) bond motifs is 5. The largest absolute Gasteiger partial charge is 0.431 e. The van der Waals surface area contributed by atoms with Crippen molar-refractivity contribution in [3.05, 3.63) is 23.0 Å². The van der Waals surface area contributed by atoms with Gasteiger partial charge in [-0.2, -0.15) is 0 Å². The fourth-order valence-corrected chi connectivity index (χ4v) is 9.03. The Morgan fingerprint density at radius 2 is 1.84 bits per heavy atom. The highest BCUT2D eigenvalue weighted by molar-refractivity contribution is 5.68. The minimum absolute atomic E-state index is 0.176.